The lowest BCUT2D eigenvalue weighted by Crippen LogP contribution is -2.44. The van der Waals surface area contributed by atoms with Gasteiger partial charge in [0.15, 0.2) is 0 Å². The number of carbonyl (C=O) groups excluding carboxylic acids is 1. The molecule has 88 valence electrons. The summed E-state index contributed by atoms with van der Waals surface area (Å²) in [7, 11) is 0. The van der Waals surface area contributed by atoms with Crippen molar-refractivity contribution in [2.24, 2.45) is 0 Å². The Bertz CT molecular complexity index is 224. The molecule has 0 bridgehead atoms. The van der Waals surface area contributed by atoms with Gasteiger partial charge in [0.25, 0.3) is 0 Å². The summed E-state index contributed by atoms with van der Waals surface area (Å²) in [5.41, 5.74) is -0.502. The smallest absolute Gasteiger partial charge is 0.407 e. The highest BCUT2D eigenvalue weighted by atomic mass is 16.6. The molecule has 1 amide bonds. The van der Waals surface area contributed by atoms with Gasteiger partial charge in [-0.15, -0.1) is 0 Å². The summed E-state index contributed by atoms with van der Waals surface area (Å²) in [6.45, 7) is 5.90. The number of hydrogen-bond donors (Lipinski definition) is 2. The SMILES string of the molecule is CC(C)(C)OC(=O)NC1CCOC1CO. The molecule has 0 aromatic carbocycles. The summed E-state index contributed by atoms with van der Waals surface area (Å²) in [4.78, 5) is 11.4. The third-order valence-corrected chi connectivity index (χ3v) is 2.09. The average molecular weight is 217 g/mol. The number of aliphatic hydroxyl groups excluding tert-OH is 1. The molecule has 5 heteroatoms. The van der Waals surface area contributed by atoms with Gasteiger partial charge in [0, 0.05) is 6.61 Å². The third kappa shape index (κ3) is 4.05. The Morgan fingerprint density at radius 2 is 2.27 bits per heavy atom. The van der Waals surface area contributed by atoms with Gasteiger partial charge >= 0.3 is 6.09 Å². The van der Waals surface area contributed by atoms with Crippen LogP contribution in [0, 0.1) is 0 Å². The van der Waals surface area contributed by atoms with E-state index in [9.17, 15) is 4.79 Å². The van der Waals surface area contributed by atoms with Crippen LogP contribution >= 0.6 is 0 Å². The summed E-state index contributed by atoms with van der Waals surface area (Å²) in [5.74, 6) is 0. The summed E-state index contributed by atoms with van der Waals surface area (Å²) in [6, 6.07) is -0.148. The molecule has 2 unspecified atom stereocenters. The van der Waals surface area contributed by atoms with E-state index in [2.05, 4.69) is 5.32 Å². The molecular formula is C10H19NO4. The van der Waals surface area contributed by atoms with Crippen molar-refractivity contribution in [3.63, 3.8) is 0 Å². The van der Waals surface area contributed by atoms with Crippen molar-refractivity contribution >= 4 is 6.09 Å². The quantitative estimate of drug-likeness (QED) is 0.713. The zero-order chi connectivity index (χ0) is 11.5. The van der Waals surface area contributed by atoms with E-state index in [1.165, 1.54) is 0 Å². The van der Waals surface area contributed by atoms with Crippen LogP contribution in [0.3, 0.4) is 0 Å². The number of carbonyl (C=O) groups is 1. The third-order valence-electron chi connectivity index (χ3n) is 2.09. The molecule has 0 aromatic rings. The van der Waals surface area contributed by atoms with Gasteiger partial charge in [0.2, 0.25) is 0 Å². The van der Waals surface area contributed by atoms with Crippen LogP contribution in [0.5, 0.6) is 0 Å². The Morgan fingerprint density at radius 3 is 2.80 bits per heavy atom. The monoisotopic (exact) mass is 217 g/mol. The summed E-state index contributed by atoms with van der Waals surface area (Å²) < 4.78 is 10.3. The van der Waals surface area contributed by atoms with Crippen LogP contribution in [0.4, 0.5) is 4.79 Å². The van der Waals surface area contributed by atoms with E-state index in [4.69, 9.17) is 14.6 Å². The molecule has 2 atom stereocenters. The maximum absolute atomic E-state index is 11.4. The summed E-state index contributed by atoms with van der Waals surface area (Å²) in [5, 5.41) is 11.7. The number of ether oxygens (including phenoxy) is 2. The topological polar surface area (TPSA) is 67.8 Å². The van der Waals surface area contributed by atoms with E-state index >= 15 is 0 Å². The van der Waals surface area contributed by atoms with Crippen LogP contribution in [0.1, 0.15) is 27.2 Å². The molecule has 0 spiro atoms. The molecule has 1 aliphatic rings. The molecule has 0 radical (unpaired) electrons. The Hall–Kier alpha value is -0.810. The first-order valence-corrected chi connectivity index (χ1v) is 5.14. The minimum absolute atomic E-state index is 0.0829. The van der Waals surface area contributed by atoms with Crippen LogP contribution in [0.15, 0.2) is 0 Å². The molecule has 1 heterocycles. The highest BCUT2D eigenvalue weighted by Crippen LogP contribution is 2.14. The number of nitrogens with one attached hydrogen (secondary N) is 1. The van der Waals surface area contributed by atoms with Gasteiger partial charge in [-0.1, -0.05) is 0 Å². The lowest BCUT2D eigenvalue weighted by Gasteiger charge is -2.23. The second-order valence-corrected chi connectivity index (χ2v) is 4.63. The van der Waals surface area contributed by atoms with Gasteiger partial charge in [-0.05, 0) is 27.2 Å². The normalized spacial score (nSPS) is 26.4. The van der Waals surface area contributed by atoms with Crippen LogP contribution in [-0.4, -0.2) is 42.2 Å². The van der Waals surface area contributed by atoms with Gasteiger partial charge in [0.05, 0.1) is 12.6 Å². The molecule has 1 saturated heterocycles. The zero-order valence-electron chi connectivity index (χ0n) is 9.45. The minimum atomic E-state index is -0.502. The van der Waals surface area contributed by atoms with E-state index < -0.39 is 11.7 Å². The summed E-state index contributed by atoms with van der Waals surface area (Å²) in [6.07, 6.45) is -0.0567. The molecule has 1 fully saturated rings. The van der Waals surface area contributed by atoms with Crippen molar-refractivity contribution in [3.05, 3.63) is 0 Å². The lowest BCUT2D eigenvalue weighted by atomic mass is 10.1. The Labute approximate surface area is 89.8 Å². The van der Waals surface area contributed by atoms with Gasteiger partial charge in [-0.2, -0.15) is 0 Å². The van der Waals surface area contributed by atoms with Gasteiger partial charge in [-0.3, -0.25) is 0 Å². The molecular weight excluding hydrogens is 198 g/mol. The van der Waals surface area contributed by atoms with Crippen LogP contribution < -0.4 is 5.32 Å². The van der Waals surface area contributed by atoms with E-state index in [0.29, 0.717) is 13.0 Å². The van der Waals surface area contributed by atoms with Crippen LogP contribution in [-0.2, 0) is 9.47 Å². The fourth-order valence-electron chi connectivity index (χ4n) is 1.45. The number of alkyl carbamates (subject to hydrolysis) is 1. The predicted octanol–water partition coefficient (Wildman–Crippen LogP) is 0.661. The van der Waals surface area contributed by atoms with Crippen molar-refractivity contribution in [2.45, 2.75) is 44.9 Å². The van der Waals surface area contributed by atoms with Crippen molar-refractivity contribution in [2.75, 3.05) is 13.2 Å². The molecule has 0 saturated carbocycles. The Morgan fingerprint density at radius 1 is 1.60 bits per heavy atom. The van der Waals surface area contributed by atoms with E-state index in [1.807, 2.05) is 0 Å². The molecule has 0 aliphatic carbocycles. The van der Waals surface area contributed by atoms with Gasteiger partial charge in [-0.25, -0.2) is 4.79 Å². The maximum atomic E-state index is 11.4. The number of aliphatic hydroxyl groups is 1. The second-order valence-electron chi connectivity index (χ2n) is 4.63. The maximum Gasteiger partial charge on any atom is 0.407 e. The first-order valence-electron chi connectivity index (χ1n) is 5.14. The predicted molar refractivity (Wildman–Crippen MR) is 54.6 cm³/mol. The first kappa shape index (κ1) is 12.3. The van der Waals surface area contributed by atoms with Crippen molar-refractivity contribution < 1.29 is 19.4 Å². The highest BCUT2D eigenvalue weighted by molar-refractivity contribution is 5.68. The number of hydrogen-bond acceptors (Lipinski definition) is 4. The van der Waals surface area contributed by atoms with Crippen LogP contribution in [0.2, 0.25) is 0 Å². The average Bonchev–Trinajstić information content (AvgIpc) is 2.48. The summed E-state index contributed by atoms with van der Waals surface area (Å²) >= 11 is 0. The Kier molecular flexibility index (Phi) is 3.93. The van der Waals surface area contributed by atoms with Crippen LogP contribution in [0.25, 0.3) is 0 Å². The molecule has 0 aromatic heterocycles. The minimum Gasteiger partial charge on any atom is -0.444 e. The fraction of sp³-hybridized carbons (Fsp3) is 0.900. The molecule has 1 rings (SSSR count). The highest BCUT2D eigenvalue weighted by Gasteiger charge is 2.30. The standard InChI is InChI=1S/C10H19NO4/c1-10(2,3)15-9(13)11-7-4-5-14-8(7)6-12/h7-8,12H,4-6H2,1-3H3,(H,11,13). The number of rotatable bonds is 2. The molecule has 1 aliphatic heterocycles. The van der Waals surface area contributed by atoms with E-state index in [1.54, 1.807) is 20.8 Å². The van der Waals surface area contributed by atoms with Crippen molar-refractivity contribution in [1.29, 1.82) is 0 Å². The molecule has 5 nitrogen and oxygen atoms in total. The molecule has 15 heavy (non-hydrogen) atoms. The van der Waals surface area contributed by atoms with E-state index in [0.717, 1.165) is 0 Å². The number of amides is 1. The van der Waals surface area contributed by atoms with E-state index in [-0.39, 0.29) is 18.8 Å². The second kappa shape index (κ2) is 4.81. The molecule has 2 N–H and O–H groups in total. The van der Waals surface area contributed by atoms with Crippen molar-refractivity contribution in [3.8, 4) is 0 Å². The fourth-order valence-corrected chi connectivity index (χ4v) is 1.45. The van der Waals surface area contributed by atoms with Gasteiger partial charge < -0.3 is 19.9 Å². The zero-order valence-corrected chi connectivity index (χ0v) is 9.45. The first-order chi connectivity index (χ1) is 6.92. The largest absolute Gasteiger partial charge is 0.444 e. The Balaban J connectivity index is 2.37. The lowest BCUT2D eigenvalue weighted by molar-refractivity contribution is 0.0322. The van der Waals surface area contributed by atoms with Crippen molar-refractivity contribution in [1.82, 2.24) is 5.32 Å². The van der Waals surface area contributed by atoms with Gasteiger partial charge in [0.1, 0.15) is 11.7 Å².